The van der Waals surface area contributed by atoms with E-state index in [0.717, 1.165) is 41.2 Å². The van der Waals surface area contributed by atoms with Crippen LogP contribution in [0.5, 0.6) is 5.75 Å². The quantitative estimate of drug-likeness (QED) is 0.521. The largest absolute Gasteiger partial charge is 0.495 e. The minimum Gasteiger partial charge on any atom is -0.495 e. The zero-order valence-corrected chi connectivity index (χ0v) is 18.1. The smallest absolute Gasteiger partial charge is 0.174 e. The normalized spacial score (nSPS) is 18.1. The molecule has 3 heterocycles. The van der Waals surface area contributed by atoms with Crippen LogP contribution in [0.2, 0.25) is 0 Å². The van der Waals surface area contributed by atoms with Crippen molar-refractivity contribution in [1.82, 2.24) is 24.3 Å². The lowest BCUT2D eigenvalue weighted by atomic mass is 9.86. The number of aryl methyl sites for hydroxylation is 2. The van der Waals surface area contributed by atoms with Crippen molar-refractivity contribution in [3.63, 3.8) is 0 Å². The Morgan fingerprint density at radius 1 is 1.12 bits per heavy atom. The molecule has 7 heteroatoms. The topological polar surface area (TPSA) is 78.0 Å². The third-order valence-electron chi connectivity index (χ3n) is 5.84. The van der Waals surface area contributed by atoms with Gasteiger partial charge in [0.15, 0.2) is 11.6 Å². The standard InChI is InChI=1S/C25H25N5O2/c1-18-16-29(17-26-18)21-11-9-19(15-22(21)32-2)10-12-23-27-24-25(31,13-6-14-30(24)28-23)20-7-4-3-5-8-20/h3-5,7-12,15-17,31H,6,13-14H2,1-2H3/t25-/m1/s1. The third kappa shape index (κ3) is 3.61. The van der Waals surface area contributed by atoms with Crippen LogP contribution in [0.1, 0.15) is 41.3 Å². The molecule has 32 heavy (non-hydrogen) atoms. The second kappa shape index (κ2) is 8.09. The second-order valence-corrected chi connectivity index (χ2v) is 8.03. The van der Waals surface area contributed by atoms with Crippen molar-refractivity contribution in [3.8, 4) is 11.4 Å². The van der Waals surface area contributed by atoms with Gasteiger partial charge in [-0.3, -0.25) is 0 Å². The fourth-order valence-electron chi connectivity index (χ4n) is 4.21. The zero-order chi connectivity index (χ0) is 22.1. The van der Waals surface area contributed by atoms with Gasteiger partial charge in [-0.05, 0) is 49.1 Å². The van der Waals surface area contributed by atoms with E-state index >= 15 is 0 Å². The van der Waals surface area contributed by atoms with Gasteiger partial charge in [-0.15, -0.1) is 0 Å². The van der Waals surface area contributed by atoms with Gasteiger partial charge in [0.2, 0.25) is 0 Å². The number of imidazole rings is 1. The molecule has 0 saturated heterocycles. The number of fused-ring (bicyclic) bond motifs is 1. The summed E-state index contributed by atoms with van der Waals surface area (Å²) >= 11 is 0. The maximum Gasteiger partial charge on any atom is 0.174 e. The average molecular weight is 428 g/mol. The van der Waals surface area contributed by atoms with Crippen molar-refractivity contribution in [2.75, 3.05) is 7.11 Å². The van der Waals surface area contributed by atoms with Gasteiger partial charge in [0, 0.05) is 12.7 Å². The lowest BCUT2D eigenvalue weighted by Crippen LogP contribution is -2.35. The minimum atomic E-state index is -1.12. The van der Waals surface area contributed by atoms with E-state index in [1.165, 1.54) is 0 Å². The first kappa shape index (κ1) is 20.2. The Kier molecular flexibility index (Phi) is 5.11. The first-order valence-electron chi connectivity index (χ1n) is 10.7. The number of hydrogen-bond acceptors (Lipinski definition) is 5. The molecular weight excluding hydrogens is 402 g/mol. The van der Waals surface area contributed by atoms with E-state index in [1.54, 1.807) is 13.4 Å². The number of aromatic nitrogens is 5. The summed E-state index contributed by atoms with van der Waals surface area (Å²) in [6.07, 6.45) is 9.03. The van der Waals surface area contributed by atoms with E-state index in [0.29, 0.717) is 18.1 Å². The van der Waals surface area contributed by atoms with Gasteiger partial charge >= 0.3 is 0 Å². The SMILES string of the molecule is COc1cc(C=Cc2nc3n(n2)CCC[C@@]3(O)c2ccccc2)ccc1-n1cnc(C)c1. The van der Waals surface area contributed by atoms with Gasteiger partial charge in [-0.1, -0.05) is 42.5 Å². The molecule has 1 aliphatic heterocycles. The molecule has 1 atom stereocenters. The molecule has 2 aromatic carbocycles. The Morgan fingerprint density at radius 2 is 1.97 bits per heavy atom. The van der Waals surface area contributed by atoms with Crippen LogP contribution >= 0.6 is 0 Å². The fourth-order valence-corrected chi connectivity index (χ4v) is 4.21. The predicted molar refractivity (Wildman–Crippen MR) is 122 cm³/mol. The number of nitrogens with zero attached hydrogens (tertiary/aromatic N) is 5. The van der Waals surface area contributed by atoms with E-state index in [4.69, 9.17) is 4.74 Å². The van der Waals surface area contributed by atoms with Crippen LogP contribution in [0.3, 0.4) is 0 Å². The van der Waals surface area contributed by atoms with Crippen LogP contribution in [-0.4, -0.2) is 36.5 Å². The van der Waals surface area contributed by atoms with Crippen LogP contribution in [0.25, 0.3) is 17.8 Å². The summed E-state index contributed by atoms with van der Waals surface area (Å²) in [6, 6.07) is 15.7. The lowest BCUT2D eigenvalue weighted by molar-refractivity contribution is 0.0395. The zero-order valence-electron chi connectivity index (χ0n) is 18.1. The van der Waals surface area contributed by atoms with Crippen molar-refractivity contribution < 1.29 is 9.84 Å². The highest BCUT2D eigenvalue weighted by Crippen LogP contribution is 2.36. The average Bonchev–Trinajstić information content (AvgIpc) is 3.45. The van der Waals surface area contributed by atoms with Crippen molar-refractivity contribution in [1.29, 1.82) is 0 Å². The van der Waals surface area contributed by atoms with E-state index in [-0.39, 0.29) is 0 Å². The van der Waals surface area contributed by atoms with Gasteiger partial charge in [-0.25, -0.2) is 14.6 Å². The third-order valence-corrected chi connectivity index (χ3v) is 5.84. The van der Waals surface area contributed by atoms with Gasteiger partial charge < -0.3 is 14.4 Å². The molecule has 5 rings (SSSR count). The molecule has 0 saturated carbocycles. The molecule has 162 valence electrons. The Labute approximate surface area is 186 Å². The van der Waals surface area contributed by atoms with Gasteiger partial charge in [0.1, 0.15) is 11.4 Å². The number of ether oxygens (including phenoxy) is 1. The fraction of sp³-hybridized carbons (Fsp3) is 0.240. The van der Waals surface area contributed by atoms with Crippen LogP contribution < -0.4 is 4.74 Å². The van der Waals surface area contributed by atoms with E-state index in [9.17, 15) is 5.11 Å². The van der Waals surface area contributed by atoms with E-state index in [1.807, 2.05) is 83.1 Å². The molecule has 0 fully saturated rings. The summed E-state index contributed by atoms with van der Waals surface area (Å²) in [5, 5.41) is 16.0. The molecule has 0 unspecified atom stereocenters. The highest BCUT2D eigenvalue weighted by molar-refractivity contribution is 5.69. The molecular formula is C25H25N5O2. The van der Waals surface area contributed by atoms with Crippen LogP contribution in [0.4, 0.5) is 0 Å². The molecule has 0 bridgehead atoms. The van der Waals surface area contributed by atoms with Crippen LogP contribution in [0, 0.1) is 6.92 Å². The molecule has 0 amide bonds. The number of rotatable bonds is 5. The molecule has 0 radical (unpaired) electrons. The van der Waals surface area contributed by atoms with Crippen molar-refractivity contribution in [3.05, 3.63) is 89.5 Å². The molecule has 4 aromatic rings. The number of hydrogen-bond donors (Lipinski definition) is 1. The Hall–Kier alpha value is -3.71. The highest BCUT2D eigenvalue weighted by Gasteiger charge is 2.39. The summed E-state index contributed by atoms with van der Waals surface area (Å²) < 4.78 is 9.36. The lowest BCUT2D eigenvalue weighted by Gasteiger charge is -2.31. The minimum absolute atomic E-state index is 0.574. The molecule has 7 nitrogen and oxygen atoms in total. The molecule has 2 aromatic heterocycles. The molecule has 0 aliphatic carbocycles. The van der Waals surface area contributed by atoms with Crippen LogP contribution in [0.15, 0.2) is 61.1 Å². The Bertz CT molecular complexity index is 1270. The summed E-state index contributed by atoms with van der Waals surface area (Å²) in [4.78, 5) is 8.96. The summed E-state index contributed by atoms with van der Waals surface area (Å²) in [7, 11) is 1.66. The summed E-state index contributed by atoms with van der Waals surface area (Å²) in [5.74, 6) is 1.92. The maximum absolute atomic E-state index is 11.4. The highest BCUT2D eigenvalue weighted by atomic mass is 16.5. The molecule has 1 aliphatic rings. The van der Waals surface area contributed by atoms with Crippen molar-refractivity contribution >= 4 is 12.2 Å². The number of methoxy groups -OCH3 is 1. The first-order valence-corrected chi connectivity index (χ1v) is 10.7. The maximum atomic E-state index is 11.4. The van der Waals surface area contributed by atoms with Gasteiger partial charge in [0.25, 0.3) is 0 Å². The molecule has 0 spiro atoms. The van der Waals surface area contributed by atoms with Crippen LogP contribution in [-0.2, 0) is 12.1 Å². The first-order chi connectivity index (χ1) is 15.6. The molecule has 1 N–H and O–H groups in total. The summed E-state index contributed by atoms with van der Waals surface area (Å²) in [5.41, 5.74) is 2.56. The number of aliphatic hydroxyl groups is 1. The summed E-state index contributed by atoms with van der Waals surface area (Å²) in [6.45, 7) is 2.70. The van der Waals surface area contributed by atoms with Gasteiger partial charge in [-0.2, -0.15) is 5.10 Å². The monoisotopic (exact) mass is 427 g/mol. The second-order valence-electron chi connectivity index (χ2n) is 8.03. The van der Waals surface area contributed by atoms with E-state index in [2.05, 4.69) is 15.1 Å². The predicted octanol–water partition coefficient (Wildman–Crippen LogP) is 3.98. The Morgan fingerprint density at radius 3 is 2.72 bits per heavy atom. The number of benzene rings is 2. The van der Waals surface area contributed by atoms with E-state index < -0.39 is 5.60 Å². The van der Waals surface area contributed by atoms with Crippen molar-refractivity contribution in [2.24, 2.45) is 0 Å². The van der Waals surface area contributed by atoms with Gasteiger partial charge in [0.05, 0.1) is 24.8 Å². The Balaban J connectivity index is 1.44. The van der Waals surface area contributed by atoms with Crippen molar-refractivity contribution in [2.45, 2.75) is 31.9 Å².